The summed E-state index contributed by atoms with van der Waals surface area (Å²) < 4.78 is 0. The van der Waals surface area contributed by atoms with Gasteiger partial charge in [0.25, 0.3) is 0 Å². The lowest BCUT2D eigenvalue weighted by molar-refractivity contribution is -0.141. The minimum absolute atomic E-state index is 0.187. The molecule has 3 atom stereocenters. The Morgan fingerprint density at radius 1 is 1.42 bits per heavy atom. The van der Waals surface area contributed by atoms with Gasteiger partial charge in [0, 0.05) is 5.41 Å². The summed E-state index contributed by atoms with van der Waals surface area (Å²) in [6.45, 7) is 5.93. The van der Waals surface area contributed by atoms with E-state index < -0.39 is 5.41 Å². The van der Waals surface area contributed by atoms with E-state index in [1.807, 2.05) is 20.8 Å². The van der Waals surface area contributed by atoms with Crippen molar-refractivity contribution in [2.75, 3.05) is 0 Å². The quantitative estimate of drug-likeness (QED) is 0.593. The van der Waals surface area contributed by atoms with E-state index in [1.54, 1.807) is 0 Å². The monoisotopic (exact) mass is 168 g/mol. The molecule has 0 aromatic heterocycles. The van der Waals surface area contributed by atoms with Gasteiger partial charge in [-0.05, 0) is 18.8 Å². The molecule has 0 unspecified atom stereocenters. The number of aliphatic hydroxyl groups is 1. The fourth-order valence-corrected chi connectivity index (χ4v) is 2.98. The highest BCUT2D eigenvalue weighted by Gasteiger charge is 2.63. The van der Waals surface area contributed by atoms with Gasteiger partial charge >= 0.3 is 0 Å². The maximum atomic E-state index is 11.9. The van der Waals surface area contributed by atoms with Gasteiger partial charge in [-0.3, -0.25) is 4.79 Å². The van der Waals surface area contributed by atoms with Crippen molar-refractivity contribution in [3.05, 3.63) is 0 Å². The highest BCUT2D eigenvalue weighted by atomic mass is 16.3. The van der Waals surface area contributed by atoms with Gasteiger partial charge in [0.15, 0.2) is 0 Å². The Morgan fingerprint density at radius 3 is 2.33 bits per heavy atom. The predicted octanol–water partition coefficient (Wildman–Crippen LogP) is 1.37. The summed E-state index contributed by atoms with van der Waals surface area (Å²) in [6, 6.07) is 0. The van der Waals surface area contributed by atoms with Crippen LogP contribution in [-0.4, -0.2) is 17.0 Å². The van der Waals surface area contributed by atoms with Crippen molar-refractivity contribution in [2.45, 2.75) is 39.7 Å². The third-order valence-electron chi connectivity index (χ3n) is 4.04. The standard InChI is InChI=1S/C10H16O2/c1-9(2)6-4-7(11)10(3,5-6)8(9)12/h6-7,11H,4-5H2,1-3H3/t6-,7-,10-/m0/s1. The molecule has 2 aliphatic rings. The van der Waals surface area contributed by atoms with Crippen LogP contribution in [0.25, 0.3) is 0 Å². The first kappa shape index (κ1) is 8.24. The smallest absolute Gasteiger partial charge is 0.147 e. The van der Waals surface area contributed by atoms with E-state index in [4.69, 9.17) is 0 Å². The molecule has 2 aliphatic carbocycles. The van der Waals surface area contributed by atoms with Crippen LogP contribution in [0.1, 0.15) is 33.6 Å². The first-order chi connectivity index (χ1) is 5.39. The molecular weight excluding hydrogens is 152 g/mol. The molecule has 0 aromatic carbocycles. The van der Waals surface area contributed by atoms with Crippen molar-refractivity contribution in [2.24, 2.45) is 16.7 Å². The zero-order valence-corrected chi connectivity index (χ0v) is 7.92. The maximum absolute atomic E-state index is 11.9. The van der Waals surface area contributed by atoms with Crippen LogP contribution in [0.5, 0.6) is 0 Å². The van der Waals surface area contributed by atoms with Crippen molar-refractivity contribution in [1.29, 1.82) is 0 Å². The van der Waals surface area contributed by atoms with Gasteiger partial charge in [0.2, 0.25) is 0 Å². The number of carbonyl (C=O) groups excluding carboxylic acids is 1. The Balaban J connectivity index is 2.43. The topological polar surface area (TPSA) is 37.3 Å². The Bertz CT molecular complexity index is 244. The van der Waals surface area contributed by atoms with Crippen LogP contribution < -0.4 is 0 Å². The Kier molecular flexibility index (Phi) is 1.32. The molecule has 12 heavy (non-hydrogen) atoms. The van der Waals surface area contributed by atoms with E-state index >= 15 is 0 Å². The molecule has 2 bridgehead atoms. The van der Waals surface area contributed by atoms with Gasteiger partial charge in [-0.15, -0.1) is 0 Å². The van der Waals surface area contributed by atoms with Crippen molar-refractivity contribution in [3.8, 4) is 0 Å². The van der Waals surface area contributed by atoms with Crippen molar-refractivity contribution in [3.63, 3.8) is 0 Å². The lowest BCUT2D eigenvalue weighted by Crippen LogP contribution is -2.43. The van der Waals surface area contributed by atoms with Gasteiger partial charge in [0.05, 0.1) is 11.5 Å². The Hall–Kier alpha value is -0.370. The minimum atomic E-state index is -0.422. The van der Waals surface area contributed by atoms with Crippen molar-refractivity contribution in [1.82, 2.24) is 0 Å². The zero-order chi connectivity index (χ0) is 9.15. The third-order valence-corrected chi connectivity index (χ3v) is 4.04. The van der Waals surface area contributed by atoms with E-state index in [1.165, 1.54) is 0 Å². The molecule has 0 spiro atoms. The number of carbonyl (C=O) groups is 1. The van der Waals surface area contributed by atoms with Gasteiger partial charge in [0.1, 0.15) is 5.78 Å². The second-order valence-electron chi connectivity index (χ2n) is 5.12. The molecule has 0 amide bonds. The summed E-state index contributed by atoms with van der Waals surface area (Å²) >= 11 is 0. The molecule has 0 aromatic rings. The summed E-state index contributed by atoms with van der Waals surface area (Å²) in [5, 5.41) is 9.66. The normalized spacial score (nSPS) is 50.2. The second-order valence-corrected chi connectivity index (χ2v) is 5.12. The Morgan fingerprint density at radius 2 is 2.00 bits per heavy atom. The van der Waals surface area contributed by atoms with Crippen LogP contribution >= 0.6 is 0 Å². The van der Waals surface area contributed by atoms with Gasteiger partial charge in [-0.2, -0.15) is 0 Å². The molecular formula is C10H16O2. The molecule has 1 N–H and O–H groups in total. The second kappa shape index (κ2) is 1.92. The molecule has 2 fully saturated rings. The van der Waals surface area contributed by atoms with Crippen molar-refractivity contribution >= 4 is 5.78 Å². The van der Waals surface area contributed by atoms with E-state index in [0.29, 0.717) is 5.92 Å². The van der Waals surface area contributed by atoms with E-state index in [9.17, 15) is 9.90 Å². The molecule has 2 nitrogen and oxygen atoms in total. The first-order valence-corrected chi connectivity index (χ1v) is 4.62. The average Bonchev–Trinajstić information content (AvgIpc) is 2.34. The molecule has 68 valence electrons. The zero-order valence-electron chi connectivity index (χ0n) is 7.92. The number of hydrogen-bond donors (Lipinski definition) is 1. The number of hydrogen-bond acceptors (Lipinski definition) is 2. The number of ketones is 1. The molecule has 2 heteroatoms. The fraction of sp³-hybridized carbons (Fsp3) is 0.900. The number of Topliss-reactive ketones (excluding diaryl/α,β-unsaturated/α-hetero) is 1. The molecule has 0 aliphatic heterocycles. The molecule has 0 saturated heterocycles. The summed E-state index contributed by atoms with van der Waals surface area (Å²) in [6.07, 6.45) is 1.32. The largest absolute Gasteiger partial charge is 0.392 e. The van der Waals surface area contributed by atoms with Crippen LogP contribution in [-0.2, 0) is 4.79 Å². The van der Waals surface area contributed by atoms with Gasteiger partial charge in [-0.25, -0.2) is 0 Å². The number of aliphatic hydroxyl groups excluding tert-OH is 1. The van der Waals surface area contributed by atoms with Crippen LogP contribution in [0.3, 0.4) is 0 Å². The molecule has 0 heterocycles. The van der Waals surface area contributed by atoms with Crippen LogP contribution in [0.2, 0.25) is 0 Å². The minimum Gasteiger partial charge on any atom is -0.392 e. The van der Waals surface area contributed by atoms with Crippen molar-refractivity contribution < 1.29 is 9.90 Å². The third kappa shape index (κ3) is 0.674. The Labute approximate surface area is 73.0 Å². The van der Waals surface area contributed by atoms with Crippen LogP contribution in [0, 0.1) is 16.7 Å². The van der Waals surface area contributed by atoms with Crippen LogP contribution in [0.15, 0.2) is 0 Å². The summed E-state index contributed by atoms with van der Waals surface area (Å²) in [5.74, 6) is 0.670. The van der Waals surface area contributed by atoms with E-state index in [0.717, 1.165) is 12.8 Å². The summed E-state index contributed by atoms with van der Waals surface area (Å²) in [5.41, 5.74) is -0.609. The summed E-state index contributed by atoms with van der Waals surface area (Å²) in [4.78, 5) is 11.9. The van der Waals surface area contributed by atoms with E-state index in [-0.39, 0.29) is 17.3 Å². The van der Waals surface area contributed by atoms with Gasteiger partial charge < -0.3 is 5.11 Å². The summed E-state index contributed by atoms with van der Waals surface area (Å²) in [7, 11) is 0. The lowest BCUT2D eigenvalue weighted by atomic mass is 9.70. The van der Waals surface area contributed by atoms with E-state index in [2.05, 4.69) is 0 Å². The highest BCUT2D eigenvalue weighted by molar-refractivity contribution is 5.93. The number of rotatable bonds is 0. The molecule has 0 radical (unpaired) electrons. The van der Waals surface area contributed by atoms with Crippen LogP contribution in [0.4, 0.5) is 0 Å². The highest BCUT2D eigenvalue weighted by Crippen LogP contribution is 2.59. The average molecular weight is 168 g/mol. The first-order valence-electron chi connectivity index (χ1n) is 4.62. The molecule has 2 saturated carbocycles. The molecule has 2 rings (SSSR count). The predicted molar refractivity (Wildman–Crippen MR) is 45.6 cm³/mol. The fourth-order valence-electron chi connectivity index (χ4n) is 2.98. The lowest BCUT2D eigenvalue weighted by Gasteiger charge is -2.34. The SMILES string of the molecule is CC1(C)C(=O)[C@@]2(C)C[C@@H]1C[C@@H]2O. The number of fused-ring (bicyclic) bond motifs is 2. The maximum Gasteiger partial charge on any atom is 0.147 e. The van der Waals surface area contributed by atoms with Gasteiger partial charge in [-0.1, -0.05) is 20.8 Å².